The molecule has 3 fully saturated rings. The minimum Gasteiger partial charge on any atom is -0.394 e. The van der Waals surface area contributed by atoms with Gasteiger partial charge in [-0.3, -0.25) is 4.79 Å². The van der Waals surface area contributed by atoms with Crippen LogP contribution in [0.15, 0.2) is 60.8 Å². The molecule has 19 heteroatoms. The van der Waals surface area contributed by atoms with Crippen molar-refractivity contribution < 1.29 is 89.4 Å². The van der Waals surface area contributed by atoms with Crippen molar-refractivity contribution in [1.82, 2.24) is 5.32 Å². The summed E-state index contributed by atoms with van der Waals surface area (Å²) in [5.41, 5.74) is 0. The number of hydrogen-bond acceptors (Lipinski definition) is 18. The summed E-state index contributed by atoms with van der Waals surface area (Å²) in [6.07, 6.45) is 72.0. The van der Waals surface area contributed by atoms with E-state index in [1.54, 1.807) is 0 Å². The van der Waals surface area contributed by atoms with Gasteiger partial charge < -0.3 is 89.9 Å². The highest BCUT2D eigenvalue weighted by Gasteiger charge is 2.54. The molecule has 17 atom stereocenters. The Morgan fingerprint density at radius 1 is 0.325 bits per heavy atom. The Bertz CT molecular complexity index is 2290. The van der Waals surface area contributed by atoms with Gasteiger partial charge in [-0.1, -0.05) is 402 Å². The quantitative estimate of drug-likeness (QED) is 0.0199. The van der Waals surface area contributed by atoms with E-state index >= 15 is 0 Å². The fourth-order valence-corrected chi connectivity index (χ4v) is 16.1. The Kier molecular flexibility index (Phi) is 68.9. The van der Waals surface area contributed by atoms with E-state index in [0.29, 0.717) is 12.8 Å². The standard InChI is InChI=1S/C95H175NO18/c1-3-5-7-9-11-13-15-17-19-21-23-25-27-29-31-33-35-37-38-39-40-41-43-45-47-49-51-53-55-57-59-61-63-65-67-69-71-73-83(101)96-78(79(100)72-70-68-66-64-62-60-58-56-54-52-50-48-46-44-42-36-34-32-30-28-26-24-22-20-18-16-14-12-10-8-6-4-2)77-109-93-89(107)86(104)91(81(75-98)111-93)114-95-90(108)87(105)92(82(76-99)112-95)113-94-88(106)85(103)84(102)80(74-97)110-94/h5,7,11,13,17,19,23,25,29,31,78-82,84-95,97-100,102-108H,3-4,6,8-10,12,14-16,18,20-22,24,26-28,30,32-77H2,1-2H3,(H,96,101)/b7-5-,13-11-,19-17-,25-23-,31-29-. The van der Waals surface area contributed by atoms with Crippen LogP contribution in [0.3, 0.4) is 0 Å². The molecule has 0 aromatic heterocycles. The molecular formula is C95H175NO18. The van der Waals surface area contributed by atoms with E-state index in [9.17, 15) is 61.0 Å². The number of amides is 1. The van der Waals surface area contributed by atoms with Crippen molar-refractivity contribution in [2.24, 2.45) is 0 Å². The number of unbranched alkanes of at least 4 members (excludes halogenated alkanes) is 52. The van der Waals surface area contributed by atoms with Crippen molar-refractivity contribution in [3.8, 4) is 0 Å². The van der Waals surface area contributed by atoms with Gasteiger partial charge in [-0.05, 0) is 57.8 Å². The van der Waals surface area contributed by atoms with Gasteiger partial charge in [0.15, 0.2) is 18.9 Å². The van der Waals surface area contributed by atoms with E-state index in [2.05, 4.69) is 79.9 Å². The number of aliphatic hydroxyl groups excluding tert-OH is 11. The van der Waals surface area contributed by atoms with Gasteiger partial charge in [0.25, 0.3) is 0 Å². The Morgan fingerprint density at radius 2 is 0.605 bits per heavy atom. The van der Waals surface area contributed by atoms with E-state index in [1.807, 2.05) is 0 Å². The Morgan fingerprint density at radius 3 is 0.947 bits per heavy atom. The highest BCUT2D eigenvalue weighted by atomic mass is 16.8. The lowest BCUT2D eigenvalue weighted by atomic mass is 9.96. The Balaban J connectivity index is 1.29. The molecule has 114 heavy (non-hydrogen) atoms. The third-order valence-electron chi connectivity index (χ3n) is 23.6. The van der Waals surface area contributed by atoms with Crippen LogP contribution >= 0.6 is 0 Å². The molecule has 0 spiro atoms. The molecule has 0 aliphatic carbocycles. The van der Waals surface area contributed by atoms with Crippen molar-refractivity contribution in [2.75, 3.05) is 26.4 Å². The molecule has 3 saturated heterocycles. The third-order valence-corrected chi connectivity index (χ3v) is 23.6. The summed E-state index contributed by atoms with van der Waals surface area (Å²) >= 11 is 0. The fourth-order valence-electron chi connectivity index (χ4n) is 16.1. The van der Waals surface area contributed by atoms with E-state index in [1.165, 1.54) is 295 Å². The van der Waals surface area contributed by atoms with Crippen molar-refractivity contribution >= 4 is 5.91 Å². The minimum atomic E-state index is -1.97. The minimum absolute atomic E-state index is 0.235. The van der Waals surface area contributed by atoms with Gasteiger partial charge in [0.1, 0.15) is 73.2 Å². The van der Waals surface area contributed by atoms with Gasteiger partial charge in [0.2, 0.25) is 5.91 Å². The molecular weight excluding hydrogens is 1440 g/mol. The molecule has 19 nitrogen and oxygen atoms in total. The molecule has 0 aromatic rings. The van der Waals surface area contributed by atoms with Crippen molar-refractivity contribution in [3.63, 3.8) is 0 Å². The molecule has 0 bridgehead atoms. The number of rotatable bonds is 78. The summed E-state index contributed by atoms with van der Waals surface area (Å²) in [5.74, 6) is -0.235. The van der Waals surface area contributed by atoms with Crippen molar-refractivity contribution in [1.29, 1.82) is 0 Å². The lowest BCUT2D eigenvalue weighted by molar-refractivity contribution is -0.379. The van der Waals surface area contributed by atoms with Crippen molar-refractivity contribution in [3.05, 3.63) is 60.8 Å². The largest absolute Gasteiger partial charge is 0.394 e. The highest BCUT2D eigenvalue weighted by Crippen LogP contribution is 2.34. The summed E-state index contributed by atoms with van der Waals surface area (Å²) in [7, 11) is 0. The summed E-state index contributed by atoms with van der Waals surface area (Å²) in [6.45, 7) is 1.76. The second-order valence-corrected chi connectivity index (χ2v) is 33.8. The molecule has 17 unspecified atom stereocenters. The molecule has 3 rings (SSSR count). The second kappa shape index (κ2) is 74.3. The number of ether oxygens (including phenoxy) is 6. The third kappa shape index (κ3) is 52.0. The molecule has 0 radical (unpaired) electrons. The van der Waals surface area contributed by atoms with Gasteiger partial charge >= 0.3 is 0 Å². The van der Waals surface area contributed by atoms with Crippen LogP contribution in [-0.4, -0.2) is 193 Å². The van der Waals surface area contributed by atoms with E-state index in [0.717, 1.165) is 77.0 Å². The first-order valence-electron chi connectivity index (χ1n) is 47.5. The van der Waals surface area contributed by atoms with E-state index < -0.39 is 124 Å². The molecule has 0 saturated carbocycles. The normalized spacial score (nSPS) is 24.9. The zero-order valence-electron chi connectivity index (χ0n) is 72.3. The molecule has 1 amide bonds. The van der Waals surface area contributed by atoms with Crippen LogP contribution in [0.1, 0.15) is 406 Å². The summed E-state index contributed by atoms with van der Waals surface area (Å²) in [5, 5.41) is 122. The zero-order chi connectivity index (χ0) is 82.4. The first-order chi connectivity index (χ1) is 55.8. The van der Waals surface area contributed by atoms with Gasteiger partial charge in [0.05, 0.1) is 38.6 Å². The maximum absolute atomic E-state index is 13.6. The van der Waals surface area contributed by atoms with Crippen LogP contribution in [-0.2, 0) is 33.2 Å². The number of nitrogens with one attached hydrogen (secondary N) is 1. The van der Waals surface area contributed by atoms with Crippen LogP contribution in [0.4, 0.5) is 0 Å². The molecule has 3 heterocycles. The monoisotopic (exact) mass is 1620 g/mol. The lowest BCUT2D eigenvalue weighted by Gasteiger charge is -2.48. The maximum atomic E-state index is 13.6. The molecule has 3 aliphatic heterocycles. The van der Waals surface area contributed by atoms with Crippen LogP contribution in [0, 0.1) is 0 Å². The smallest absolute Gasteiger partial charge is 0.220 e. The van der Waals surface area contributed by atoms with E-state index in [4.69, 9.17) is 28.4 Å². The Hall–Kier alpha value is -2.51. The van der Waals surface area contributed by atoms with Crippen LogP contribution in [0.25, 0.3) is 0 Å². The average Bonchev–Trinajstić information content (AvgIpc) is 0.777. The van der Waals surface area contributed by atoms with Crippen molar-refractivity contribution in [2.45, 2.75) is 510 Å². The number of allylic oxidation sites excluding steroid dienone is 10. The number of carbonyl (C=O) groups is 1. The molecule has 668 valence electrons. The number of carbonyl (C=O) groups excluding carboxylic acids is 1. The van der Waals surface area contributed by atoms with Crippen LogP contribution < -0.4 is 5.32 Å². The second-order valence-electron chi connectivity index (χ2n) is 33.8. The van der Waals surface area contributed by atoms with Crippen LogP contribution in [0.2, 0.25) is 0 Å². The summed E-state index contributed by atoms with van der Waals surface area (Å²) in [4.78, 5) is 13.6. The molecule has 0 aromatic carbocycles. The fraction of sp³-hybridized carbons (Fsp3) is 0.884. The number of aliphatic hydroxyl groups is 11. The average molecular weight is 1620 g/mol. The lowest BCUT2D eigenvalue weighted by Crippen LogP contribution is -2.66. The SMILES string of the molecule is CC/C=C\C/C=C\C/C=C\C/C=C\C/C=C\CCCCCCCCCCCCCCCCCCCCCCCC(=O)NC(COC1OC(CO)C(OC2OC(CO)C(OC3OC(CO)C(O)C(O)C3O)C(O)C2O)C(O)C1O)C(O)CCCCCCCCCCCCCCCCCCCCCCCCCCCCCCCCCC. The van der Waals surface area contributed by atoms with Gasteiger partial charge in [0, 0.05) is 6.42 Å². The van der Waals surface area contributed by atoms with Gasteiger partial charge in [-0.15, -0.1) is 0 Å². The predicted molar refractivity (Wildman–Crippen MR) is 462 cm³/mol. The first-order valence-corrected chi connectivity index (χ1v) is 47.5. The van der Waals surface area contributed by atoms with Crippen LogP contribution in [0.5, 0.6) is 0 Å². The molecule has 12 N–H and O–H groups in total. The zero-order valence-corrected chi connectivity index (χ0v) is 72.3. The summed E-state index contributed by atoms with van der Waals surface area (Å²) in [6, 6.07) is -0.890. The predicted octanol–water partition coefficient (Wildman–Crippen LogP) is 18.9. The first kappa shape index (κ1) is 106. The summed E-state index contributed by atoms with van der Waals surface area (Å²) < 4.78 is 34.6. The van der Waals surface area contributed by atoms with E-state index in [-0.39, 0.29) is 18.9 Å². The maximum Gasteiger partial charge on any atom is 0.220 e. The van der Waals surface area contributed by atoms with Gasteiger partial charge in [-0.2, -0.15) is 0 Å². The molecule has 3 aliphatic rings. The Labute approximate surface area is 694 Å². The number of hydrogen-bond donors (Lipinski definition) is 12. The topological polar surface area (TPSA) is 307 Å². The van der Waals surface area contributed by atoms with Gasteiger partial charge in [-0.25, -0.2) is 0 Å². The highest BCUT2D eigenvalue weighted by molar-refractivity contribution is 5.76.